The number of H-pyrrole nitrogens is 1. The van der Waals surface area contributed by atoms with Crippen molar-refractivity contribution in [1.29, 1.82) is 5.26 Å². The molecule has 0 saturated carbocycles. The lowest BCUT2D eigenvalue weighted by atomic mass is 10.2. The van der Waals surface area contributed by atoms with Crippen LogP contribution >= 0.6 is 23.6 Å². The van der Waals surface area contributed by atoms with Gasteiger partial charge in [0.2, 0.25) is 0 Å². The van der Waals surface area contributed by atoms with E-state index in [1.54, 1.807) is 6.07 Å². The van der Waals surface area contributed by atoms with E-state index in [9.17, 15) is 0 Å². The minimum atomic E-state index is 0.653. The van der Waals surface area contributed by atoms with Gasteiger partial charge < -0.3 is 9.55 Å². The third-order valence-electron chi connectivity index (χ3n) is 3.28. The molecule has 0 radical (unpaired) electrons. The maximum absolute atomic E-state index is 9.03. The number of nitrogens with zero attached hydrogens (tertiary/aromatic N) is 2. The van der Waals surface area contributed by atoms with Crippen molar-refractivity contribution < 1.29 is 0 Å². The Labute approximate surface area is 126 Å². The Kier molecular flexibility index (Phi) is 3.43. The van der Waals surface area contributed by atoms with Crippen molar-refractivity contribution in [3.05, 3.63) is 50.4 Å². The molecular formula is C15H13N3S2. The van der Waals surface area contributed by atoms with Crippen LogP contribution in [0.3, 0.4) is 0 Å². The van der Waals surface area contributed by atoms with E-state index in [-0.39, 0.29) is 0 Å². The van der Waals surface area contributed by atoms with E-state index in [0.29, 0.717) is 10.3 Å². The molecule has 3 rings (SSSR count). The van der Waals surface area contributed by atoms with Crippen molar-refractivity contribution in [2.75, 3.05) is 0 Å². The molecule has 0 aliphatic heterocycles. The maximum atomic E-state index is 9.03. The predicted octanol–water partition coefficient (Wildman–Crippen LogP) is 4.24. The quantitative estimate of drug-likeness (QED) is 0.735. The number of aryl methyl sites for hydroxylation is 1. The van der Waals surface area contributed by atoms with Gasteiger partial charge in [0.25, 0.3) is 0 Å². The number of aromatic nitrogens is 2. The first-order valence-corrected chi connectivity index (χ1v) is 7.64. The number of benzene rings is 1. The van der Waals surface area contributed by atoms with Crippen molar-refractivity contribution >= 4 is 34.6 Å². The summed E-state index contributed by atoms with van der Waals surface area (Å²) in [6.07, 6.45) is 1.06. The summed E-state index contributed by atoms with van der Waals surface area (Å²) in [5, 5.41) is 9.03. The second-order valence-electron chi connectivity index (χ2n) is 4.58. The molecule has 0 unspecified atom stereocenters. The second-order valence-corrected chi connectivity index (χ2v) is 6.22. The molecule has 5 heteroatoms. The molecule has 1 aromatic carbocycles. The fourth-order valence-electron chi connectivity index (χ4n) is 2.23. The number of nitriles is 1. The van der Waals surface area contributed by atoms with Crippen molar-refractivity contribution in [2.45, 2.75) is 19.9 Å². The predicted molar refractivity (Wildman–Crippen MR) is 84.6 cm³/mol. The molecule has 100 valence electrons. The largest absolute Gasteiger partial charge is 0.331 e. The second kappa shape index (κ2) is 5.23. The smallest absolute Gasteiger partial charge is 0.178 e. The fraction of sp³-hybridized carbons (Fsp3) is 0.200. The summed E-state index contributed by atoms with van der Waals surface area (Å²) >= 11 is 7.21. The Morgan fingerprint density at radius 2 is 2.10 bits per heavy atom. The first-order chi connectivity index (χ1) is 9.71. The molecule has 2 aromatic heterocycles. The average Bonchev–Trinajstić information content (AvgIpc) is 3.04. The van der Waals surface area contributed by atoms with Gasteiger partial charge in [-0.15, -0.1) is 11.3 Å². The average molecular weight is 299 g/mol. The molecule has 0 bridgehead atoms. The number of imidazole rings is 1. The van der Waals surface area contributed by atoms with Crippen LogP contribution in [0.2, 0.25) is 0 Å². The van der Waals surface area contributed by atoms with E-state index in [1.165, 1.54) is 9.75 Å². The first-order valence-electron chi connectivity index (χ1n) is 6.41. The van der Waals surface area contributed by atoms with Gasteiger partial charge in [-0.25, -0.2) is 0 Å². The van der Waals surface area contributed by atoms with Gasteiger partial charge in [0.15, 0.2) is 4.77 Å². The van der Waals surface area contributed by atoms with Gasteiger partial charge in [-0.3, -0.25) is 0 Å². The summed E-state index contributed by atoms with van der Waals surface area (Å²) < 4.78 is 2.75. The lowest BCUT2D eigenvalue weighted by Gasteiger charge is -2.02. The third kappa shape index (κ3) is 2.28. The highest BCUT2D eigenvalue weighted by Crippen LogP contribution is 2.22. The van der Waals surface area contributed by atoms with E-state index >= 15 is 0 Å². The molecule has 0 aliphatic rings. The highest BCUT2D eigenvalue weighted by atomic mass is 32.1. The fourth-order valence-corrected chi connectivity index (χ4v) is 3.45. The summed E-state index contributed by atoms with van der Waals surface area (Å²) in [5.74, 6) is 0. The lowest BCUT2D eigenvalue weighted by molar-refractivity contribution is 0.823. The zero-order valence-corrected chi connectivity index (χ0v) is 12.6. The van der Waals surface area contributed by atoms with Gasteiger partial charge in [0, 0.05) is 9.75 Å². The molecule has 0 saturated heterocycles. The lowest BCUT2D eigenvalue weighted by Crippen LogP contribution is -1.97. The van der Waals surface area contributed by atoms with Gasteiger partial charge in [-0.1, -0.05) is 6.92 Å². The standard InChI is InChI=1S/C15H13N3S2/c1-2-11-4-5-12(20-11)9-18-14-7-10(8-16)3-6-13(14)17-15(18)19/h3-7H,2,9H2,1H3,(H,17,19). The Balaban J connectivity index is 2.08. The van der Waals surface area contributed by atoms with Crippen LogP contribution in [0.5, 0.6) is 0 Å². The third-order valence-corrected chi connectivity index (χ3v) is 4.82. The Bertz CT molecular complexity index is 861. The van der Waals surface area contributed by atoms with Crippen LogP contribution in [0, 0.1) is 16.1 Å². The van der Waals surface area contributed by atoms with Crippen LogP contribution in [-0.4, -0.2) is 9.55 Å². The van der Waals surface area contributed by atoms with Gasteiger partial charge in [0.05, 0.1) is 29.2 Å². The summed E-state index contributed by atoms with van der Waals surface area (Å²) in [6, 6.07) is 12.1. The van der Waals surface area contributed by atoms with Crippen LogP contribution in [0.15, 0.2) is 30.3 Å². The van der Waals surface area contributed by atoms with E-state index in [2.05, 4.69) is 34.7 Å². The molecule has 0 amide bonds. The van der Waals surface area contributed by atoms with Crippen LogP contribution in [0.1, 0.15) is 22.2 Å². The molecule has 0 atom stereocenters. The Hall–Kier alpha value is -1.90. The van der Waals surface area contributed by atoms with E-state index in [1.807, 2.05) is 23.5 Å². The van der Waals surface area contributed by atoms with Crippen LogP contribution in [-0.2, 0) is 13.0 Å². The molecule has 20 heavy (non-hydrogen) atoms. The van der Waals surface area contributed by atoms with Crippen molar-refractivity contribution in [3.8, 4) is 6.07 Å². The molecule has 2 heterocycles. The summed E-state index contributed by atoms with van der Waals surface area (Å²) in [5.41, 5.74) is 2.61. The monoisotopic (exact) mass is 299 g/mol. The minimum Gasteiger partial charge on any atom is -0.331 e. The summed E-state index contributed by atoms with van der Waals surface area (Å²) in [4.78, 5) is 5.85. The molecule has 3 aromatic rings. The summed E-state index contributed by atoms with van der Waals surface area (Å²) in [6.45, 7) is 2.91. The van der Waals surface area contributed by atoms with Gasteiger partial charge in [-0.05, 0) is 49.0 Å². The minimum absolute atomic E-state index is 0.653. The van der Waals surface area contributed by atoms with Gasteiger partial charge in [-0.2, -0.15) is 5.26 Å². The molecule has 0 aliphatic carbocycles. The number of rotatable bonds is 3. The topological polar surface area (TPSA) is 44.5 Å². The number of fused-ring (bicyclic) bond motifs is 1. The maximum Gasteiger partial charge on any atom is 0.178 e. The van der Waals surface area contributed by atoms with E-state index in [4.69, 9.17) is 17.5 Å². The number of thiophene rings is 1. The van der Waals surface area contributed by atoms with Crippen LogP contribution in [0.25, 0.3) is 11.0 Å². The zero-order valence-electron chi connectivity index (χ0n) is 11.0. The highest BCUT2D eigenvalue weighted by molar-refractivity contribution is 7.71. The first kappa shape index (κ1) is 13.1. The number of nitrogens with one attached hydrogen (secondary N) is 1. The number of hydrogen-bond acceptors (Lipinski definition) is 3. The molecule has 0 spiro atoms. The molecule has 1 N–H and O–H groups in total. The SMILES string of the molecule is CCc1ccc(Cn2c(=S)[nH]c3ccc(C#N)cc32)s1. The zero-order chi connectivity index (χ0) is 14.1. The molecule has 3 nitrogen and oxygen atoms in total. The van der Waals surface area contributed by atoms with Crippen molar-refractivity contribution in [1.82, 2.24) is 9.55 Å². The molecular weight excluding hydrogens is 286 g/mol. The van der Waals surface area contributed by atoms with Crippen molar-refractivity contribution in [2.24, 2.45) is 0 Å². The van der Waals surface area contributed by atoms with Crippen molar-refractivity contribution in [3.63, 3.8) is 0 Å². The molecule has 0 fully saturated rings. The Morgan fingerprint density at radius 3 is 2.80 bits per heavy atom. The van der Waals surface area contributed by atoms with Crippen LogP contribution in [0.4, 0.5) is 0 Å². The summed E-state index contributed by atoms with van der Waals surface area (Å²) in [7, 11) is 0. The highest BCUT2D eigenvalue weighted by Gasteiger charge is 2.07. The van der Waals surface area contributed by atoms with Gasteiger partial charge >= 0.3 is 0 Å². The van der Waals surface area contributed by atoms with Crippen LogP contribution < -0.4 is 0 Å². The van der Waals surface area contributed by atoms with E-state index in [0.717, 1.165) is 24.0 Å². The van der Waals surface area contributed by atoms with Gasteiger partial charge in [0.1, 0.15) is 0 Å². The number of hydrogen-bond donors (Lipinski definition) is 1. The number of aromatic amines is 1. The Morgan fingerprint density at radius 1 is 1.30 bits per heavy atom. The normalized spacial score (nSPS) is 10.8. The van der Waals surface area contributed by atoms with E-state index < -0.39 is 0 Å².